The summed E-state index contributed by atoms with van der Waals surface area (Å²) in [5.41, 5.74) is 4.02. The third-order valence-corrected chi connectivity index (χ3v) is 4.04. The van der Waals surface area contributed by atoms with Gasteiger partial charge in [-0.1, -0.05) is 11.6 Å². The van der Waals surface area contributed by atoms with Crippen LogP contribution < -0.4 is 15.8 Å². The lowest BCUT2D eigenvalue weighted by Gasteiger charge is -2.25. The summed E-state index contributed by atoms with van der Waals surface area (Å²) in [4.78, 5) is 14.6. The van der Waals surface area contributed by atoms with Gasteiger partial charge < -0.3 is 10.2 Å². The Labute approximate surface area is 131 Å². The Hall–Kier alpha value is -2.66. The second-order valence-electron chi connectivity index (χ2n) is 5.19. The first-order valence-electron chi connectivity index (χ1n) is 6.85. The first-order valence-corrected chi connectivity index (χ1v) is 7.22. The summed E-state index contributed by atoms with van der Waals surface area (Å²) in [6, 6.07) is 7.16. The van der Waals surface area contributed by atoms with E-state index in [0.29, 0.717) is 10.7 Å². The van der Waals surface area contributed by atoms with E-state index in [-0.39, 0.29) is 5.56 Å². The zero-order chi connectivity index (χ0) is 15.3. The summed E-state index contributed by atoms with van der Waals surface area (Å²) in [5.74, 6) is 0. The minimum Gasteiger partial charge on any atom is -0.360 e. The van der Waals surface area contributed by atoms with Gasteiger partial charge in [-0.3, -0.25) is 9.89 Å². The number of H-pyrrole nitrogens is 1. The SMILES string of the molecule is CN1C=C2NC=CC=C2c2[nH]n(-c3ccc(Cl)cc3)c(=O)c21. The molecule has 2 aromatic rings. The van der Waals surface area contributed by atoms with Crippen LogP contribution in [0.3, 0.4) is 0 Å². The van der Waals surface area contributed by atoms with Gasteiger partial charge >= 0.3 is 0 Å². The van der Waals surface area contributed by atoms with Crippen molar-refractivity contribution < 1.29 is 0 Å². The Morgan fingerprint density at radius 1 is 1.18 bits per heavy atom. The molecule has 0 bridgehead atoms. The molecule has 22 heavy (non-hydrogen) atoms. The molecule has 0 unspecified atom stereocenters. The van der Waals surface area contributed by atoms with Crippen LogP contribution in [0.1, 0.15) is 5.69 Å². The van der Waals surface area contributed by atoms with Gasteiger partial charge in [0, 0.05) is 30.0 Å². The van der Waals surface area contributed by atoms with Gasteiger partial charge in [0.15, 0.2) is 0 Å². The highest BCUT2D eigenvalue weighted by molar-refractivity contribution is 6.30. The molecule has 0 saturated carbocycles. The van der Waals surface area contributed by atoms with Gasteiger partial charge in [0.05, 0.1) is 17.1 Å². The van der Waals surface area contributed by atoms with Crippen LogP contribution >= 0.6 is 11.6 Å². The van der Waals surface area contributed by atoms with Gasteiger partial charge in [0.1, 0.15) is 5.69 Å². The van der Waals surface area contributed by atoms with E-state index in [1.807, 2.05) is 48.6 Å². The van der Waals surface area contributed by atoms with Crippen LogP contribution in [-0.2, 0) is 0 Å². The summed E-state index contributed by atoms with van der Waals surface area (Å²) < 4.78 is 1.54. The molecule has 2 aliphatic rings. The van der Waals surface area contributed by atoms with Crippen LogP contribution in [0.5, 0.6) is 0 Å². The second kappa shape index (κ2) is 4.68. The molecule has 0 amide bonds. The third kappa shape index (κ3) is 1.83. The number of anilines is 1. The Morgan fingerprint density at radius 3 is 2.73 bits per heavy atom. The number of nitrogens with one attached hydrogen (secondary N) is 2. The molecule has 2 N–H and O–H groups in total. The molecule has 2 aliphatic heterocycles. The number of halogens is 1. The van der Waals surface area contributed by atoms with Gasteiger partial charge in [-0.2, -0.15) is 0 Å². The summed E-state index contributed by atoms with van der Waals surface area (Å²) in [7, 11) is 1.87. The molecule has 0 spiro atoms. The molecular formula is C16H13ClN4O. The number of aromatic amines is 1. The maximum absolute atomic E-state index is 12.7. The van der Waals surface area contributed by atoms with Crippen molar-refractivity contribution in [3.05, 3.63) is 75.6 Å². The normalized spacial score (nSPS) is 15.6. The Bertz CT molecular complexity index is 899. The lowest BCUT2D eigenvalue weighted by molar-refractivity contribution is 0.843. The number of rotatable bonds is 1. The molecule has 0 fully saturated rings. The number of aromatic nitrogens is 2. The van der Waals surface area contributed by atoms with Crippen molar-refractivity contribution in [3.63, 3.8) is 0 Å². The molecule has 1 aromatic heterocycles. The highest BCUT2D eigenvalue weighted by atomic mass is 35.5. The van der Waals surface area contributed by atoms with Crippen molar-refractivity contribution >= 4 is 22.9 Å². The van der Waals surface area contributed by atoms with E-state index < -0.39 is 0 Å². The van der Waals surface area contributed by atoms with Crippen molar-refractivity contribution in [2.45, 2.75) is 0 Å². The molecule has 1 aromatic carbocycles. The van der Waals surface area contributed by atoms with Crippen molar-refractivity contribution in [3.8, 4) is 5.69 Å². The predicted octanol–water partition coefficient (Wildman–Crippen LogP) is 2.61. The molecule has 5 nitrogen and oxygen atoms in total. The lowest BCUT2D eigenvalue weighted by Crippen LogP contribution is -2.26. The number of dihydropyridines is 1. The van der Waals surface area contributed by atoms with E-state index in [9.17, 15) is 4.79 Å². The number of hydrogen-bond acceptors (Lipinski definition) is 3. The molecule has 0 aliphatic carbocycles. The van der Waals surface area contributed by atoms with Crippen LogP contribution in [0.25, 0.3) is 11.3 Å². The Kier molecular flexibility index (Phi) is 2.77. The average Bonchev–Trinajstić information content (AvgIpc) is 2.87. The highest BCUT2D eigenvalue weighted by Gasteiger charge is 2.27. The summed E-state index contributed by atoms with van der Waals surface area (Å²) >= 11 is 5.92. The molecular weight excluding hydrogens is 300 g/mol. The third-order valence-electron chi connectivity index (χ3n) is 3.78. The molecule has 0 radical (unpaired) electrons. The summed E-state index contributed by atoms with van der Waals surface area (Å²) in [6.45, 7) is 0. The predicted molar refractivity (Wildman–Crippen MR) is 88.1 cm³/mol. The summed E-state index contributed by atoms with van der Waals surface area (Å²) in [5, 5.41) is 7.03. The second-order valence-corrected chi connectivity index (χ2v) is 5.63. The van der Waals surface area contributed by atoms with Crippen molar-refractivity contribution in [2.75, 3.05) is 11.9 Å². The minimum absolute atomic E-state index is 0.0921. The van der Waals surface area contributed by atoms with Gasteiger partial charge in [-0.05, 0) is 36.4 Å². The molecule has 0 atom stereocenters. The highest BCUT2D eigenvalue weighted by Crippen LogP contribution is 2.33. The number of hydrogen-bond donors (Lipinski definition) is 2. The first-order chi connectivity index (χ1) is 10.6. The number of nitrogens with zero attached hydrogens (tertiary/aromatic N) is 2. The van der Waals surface area contributed by atoms with Crippen LogP contribution in [-0.4, -0.2) is 16.8 Å². The molecule has 4 rings (SSSR count). The number of benzene rings is 1. The van der Waals surface area contributed by atoms with E-state index in [4.69, 9.17) is 11.6 Å². The van der Waals surface area contributed by atoms with Crippen LogP contribution in [0.15, 0.2) is 59.3 Å². The standard InChI is InChI=1S/C16H13ClN4O/c1-20-9-13-12(3-2-8-18-13)14-15(20)16(22)21(19-14)11-6-4-10(17)5-7-11/h2-9,18-19H,1H3. The van der Waals surface area contributed by atoms with Crippen LogP contribution in [0.4, 0.5) is 5.69 Å². The number of allylic oxidation sites excluding steroid dienone is 3. The van der Waals surface area contributed by atoms with Crippen LogP contribution in [0, 0.1) is 0 Å². The van der Waals surface area contributed by atoms with Crippen molar-refractivity contribution in [1.82, 2.24) is 15.1 Å². The van der Waals surface area contributed by atoms with Gasteiger partial charge in [0.2, 0.25) is 0 Å². The monoisotopic (exact) mass is 312 g/mol. The van der Waals surface area contributed by atoms with E-state index in [0.717, 1.165) is 22.7 Å². The van der Waals surface area contributed by atoms with Gasteiger partial charge in [-0.25, -0.2) is 4.68 Å². The first kappa shape index (κ1) is 13.0. The molecule has 6 heteroatoms. The maximum Gasteiger partial charge on any atom is 0.295 e. The zero-order valence-electron chi connectivity index (χ0n) is 11.8. The lowest BCUT2D eigenvalue weighted by atomic mass is 10.0. The fourth-order valence-corrected chi connectivity index (χ4v) is 2.87. The molecule has 3 heterocycles. The minimum atomic E-state index is -0.0921. The number of fused-ring (bicyclic) bond motifs is 3. The smallest absolute Gasteiger partial charge is 0.295 e. The molecule has 0 saturated heterocycles. The topological polar surface area (TPSA) is 53.1 Å². The largest absolute Gasteiger partial charge is 0.360 e. The average molecular weight is 313 g/mol. The van der Waals surface area contributed by atoms with E-state index in [1.165, 1.54) is 4.68 Å². The van der Waals surface area contributed by atoms with Gasteiger partial charge in [0.25, 0.3) is 5.56 Å². The zero-order valence-corrected chi connectivity index (χ0v) is 12.6. The maximum atomic E-state index is 12.7. The summed E-state index contributed by atoms with van der Waals surface area (Å²) in [6.07, 6.45) is 7.68. The molecule has 110 valence electrons. The van der Waals surface area contributed by atoms with E-state index >= 15 is 0 Å². The quantitative estimate of drug-likeness (QED) is 0.851. The van der Waals surface area contributed by atoms with Crippen molar-refractivity contribution in [1.29, 1.82) is 0 Å². The van der Waals surface area contributed by atoms with E-state index in [2.05, 4.69) is 10.4 Å². The Morgan fingerprint density at radius 2 is 1.95 bits per heavy atom. The fourth-order valence-electron chi connectivity index (χ4n) is 2.75. The van der Waals surface area contributed by atoms with Gasteiger partial charge in [-0.15, -0.1) is 0 Å². The van der Waals surface area contributed by atoms with Crippen LogP contribution in [0.2, 0.25) is 5.02 Å². The van der Waals surface area contributed by atoms with Crippen molar-refractivity contribution in [2.24, 2.45) is 0 Å². The van der Waals surface area contributed by atoms with E-state index in [1.54, 1.807) is 12.1 Å². The fraction of sp³-hybridized carbons (Fsp3) is 0.0625. The Balaban J connectivity index is 1.93.